The van der Waals surface area contributed by atoms with E-state index < -0.39 is 0 Å². The molecule has 68 valence electrons. The maximum absolute atomic E-state index is 9.73. The first-order chi connectivity index (χ1) is 6.24. The van der Waals surface area contributed by atoms with Gasteiger partial charge in [0, 0.05) is 10.3 Å². The molecule has 0 aliphatic heterocycles. The van der Waals surface area contributed by atoms with Gasteiger partial charge in [-0.2, -0.15) is 0 Å². The van der Waals surface area contributed by atoms with Crippen molar-refractivity contribution in [1.29, 1.82) is 0 Å². The largest absolute Gasteiger partial charge is 0.506 e. The molecule has 4 heteroatoms. The highest BCUT2D eigenvalue weighted by Crippen LogP contribution is 2.36. The number of aromatic hydroxyl groups is 1. The van der Waals surface area contributed by atoms with E-state index >= 15 is 0 Å². The molecular weight excluding hydrogens is 319 g/mol. The summed E-state index contributed by atoms with van der Waals surface area (Å²) in [5, 5.41) is 12.9. The topological polar surface area (TPSA) is 20.2 Å². The van der Waals surface area contributed by atoms with Gasteiger partial charge in [0.15, 0.2) is 0 Å². The van der Waals surface area contributed by atoms with Gasteiger partial charge in [0.05, 0.1) is 9.45 Å². The van der Waals surface area contributed by atoms with E-state index in [4.69, 9.17) is 11.6 Å². The molecule has 1 aromatic heterocycles. The van der Waals surface area contributed by atoms with Crippen molar-refractivity contribution in [2.45, 2.75) is 5.88 Å². The van der Waals surface area contributed by atoms with Crippen LogP contribution in [0.4, 0.5) is 0 Å². The molecule has 0 amide bonds. The van der Waals surface area contributed by atoms with Crippen LogP contribution in [0.1, 0.15) is 5.56 Å². The number of halogens is 2. The summed E-state index contributed by atoms with van der Waals surface area (Å²) in [4.78, 5) is 0. The molecule has 1 aromatic carbocycles. The highest BCUT2D eigenvalue weighted by Gasteiger charge is 2.10. The summed E-state index contributed by atoms with van der Waals surface area (Å²) in [7, 11) is 0. The van der Waals surface area contributed by atoms with Gasteiger partial charge in [0.1, 0.15) is 5.75 Å². The zero-order chi connectivity index (χ0) is 9.42. The molecular formula is C9H6ClIOS. The minimum atomic E-state index is 0.325. The van der Waals surface area contributed by atoms with Gasteiger partial charge in [-0.05, 0) is 45.5 Å². The van der Waals surface area contributed by atoms with Crippen LogP contribution < -0.4 is 0 Å². The molecule has 0 fully saturated rings. The van der Waals surface area contributed by atoms with Crippen LogP contribution in [0.25, 0.3) is 10.1 Å². The lowest BCUT2D eigenvalue weighted by Gasteiger charge is -2.04. The third-order valence-electron chi connectivity index (χ3n) is 1.90. The molecule has 1 heterocycles. The molecule has 2 aromatic rings. The second-order valence-electron chi connectivity index (χ2n) is 2.66. The molecule has 0 atom stereocenters. The number of hydrogen-bond acceptors (Lipinski definition) is 2. The summed E-state index contributed by atoms with van der Waals surface area (Å²) < 4.78 is 1.95. The predicted molar refractivity (Wildman–Crippen MR) is 65.8 cm³/mol. The molecule has 0 spiro atoms. The molecule has 13 heavy (non-hydrogen) atoms. The molecule has 1 N–H and O–H groups in total. The van der Waals surface area contributed by atoms with Gasteiger partial charge in [-0.3, -0.25) is 0 Å². The van der Waals surface area contributed by atoms with E-state index in [1.54, 1.807) is 11.3 Å². The smallest absolute Gasteiger partial charge is 0.134 e. The number of thiophene rings is 1. The Morgan fingerprint density at radius 3 is 3.00 bits per heavy atom. The highest BCUT2D eigenvalue weighted by atomic mass is 127. The van der Waals surface area contributed by atoms with E-state index in [0.29, 0.717) is 11.6 Å². The van der Waals surface area contributed by atoms with Crippen molar-refractivity contribution >= 4 is 55.6 Å². The van der Waals surface area contributed by atoms with Crippen molar-refractivity contribution in [3.8, 4) is 5.75 Å². The van der Waals surface area contributed by atoms with E-state index in [2.05, 4.69) is 22.6 Å². The van der Waals surface area contributed by atoms with Crippen LogP contribution in [0.3, 0.4) is 0 Å². The third kappa shape index (κ3) is 1.53. The molecule has 0 radical (unpaired) electrons. The lowest BCUT2D eigenvalue weighted by molar-refractivity contribution is 0.468. The van der Waals surface area contributed by atoms with Crippen molar-refractivity contribution < 1.29 is 5.11 Å². The van der Waals surface area contributed by atoms with Crippen LogP contribution in [0, 0.1) is 3.57 Å². The van der Waals surface area contributed by atoms with Crippen molar-refractivity contribution in [3.63, 3.8) is 0 Å². The van der Waals surface area contributed by atoms with E-state index in [0.717, 1.165) is 19.2 Å². The first-order valence-electron chi connectivity index (χ1n) is 3.67. The Balaban J connectivity index is 2.87. The Kier molecular flexibility index (Phi) is 2.67. The quantitative estimate of drug-likeness (QED) is 0.622. The number of fused-ring (bicyclic) bond motifs is 1. The number of hydrogen-bond donors (Lipinski definition) is 1. The predicted octanol–water partition coefficient (Wildman–Crippen LogP) is 3.95. The Labute approximate surface area is 98.5 Å². The van der Waals surface area contributed by atoms with Gasteiger partial charge in [0.2, 0.25) is 0 Å². The van der Waals surface area contributed by atoms with Crippen LogP contribution in [-0.2, 0) is 5.88 Å². The van der Waals surface area contributed by atoms with Crippen molar-refractivity contribution in [2.75, 3.05) is 0 Å². The van der Waals surface area contributed by atoms with Crippen LogP contribution in [-0.4, -0.2) is 5.11 Å². The maximum atomic E-state index is 9.73. The normalized spacial score (nSPS) is 10.9. The summed E-state index contributed by atoms with van der Waals surface area (Å²) in [5.41, 5.74) is 0.846. The zero-order valence-corrected chi connectivity index (χ0v) is 10.3. The van der Waals surface area contributed by atoms with Crippen LogP contribution in [0.5, 0.6) is 5.75 Å². The zero-order valence-electron chi connectivity index (χ0n) is 6.55. The third-order valence-corrected chi connectivity index (χ3v) is 3.98. The Morgan fingerprint density at radius 1 is 1.54 bits per heavy atom. The van der Waals surface area contributed by atoms with E-state index in [-0.39, 0.29) is 0 Å². The maximum Gasteiger partial charge on any atom is 0.134 e. The molecule has 0 saturated heterocycles. The fourth-order valence-electron chi connectivity index (χ4n) is 1.26. The minimum absolute atomic E-state index is 0.325. The van der Waals surface area contributed by atoms with Gasteiger partial charge in [-0.15, -0.1) is 22.9 Å². The Hall–Kier alpha value is -0.0000000000000000555. The van der Waals surface area contributed by atoms with E-state index in [9.17, 15) is 5.11 Å². The summed E-state index contributed by atoms with van der Waals surface area (Å²) in [6.07, 6.45) is 0. The first kappa shape index (κ1) is 9.55. The molecule has 0 bridgehead atoms. The summed E-state index contributed by atoms with van der Waals surface area (Å²) >= 11 is 9.51. The van der Waals surface area contributed by atoms with Gasteiger partial charge in [-0.1, -0.05) is 0 Å². The first-order valence-corrected chi connectivity index (χ1v) is 6.17. The number of phenolic OH excluding ortho intramolecular Hbond substituents is 1. The Bertz CT molecular complexity index is 452. The lowest BCUT2D eigenvalue weighted by atomic mass is 10.2. The lowest BCUT2D eigenvalue weighted by Crippen LogP contribution is -1.83. The van der Waals surface area contributed by atoms with Crippen LogP contribution >= 0.6 is 45.5 Å². The number of rotatable bonds is 1. The Morgan fingerprint density at radius 2 is 2.31 bits per heavy atom. The summed E-state index contributed by atoms with van der Waals surface area (Å²) in [6.45, 7) is 0. The molecule has 2 rings (SSSR count). The summed E-state index contributed by atoms with van der Waals surface area (Å²) in [5.74, 6) is 0.685. The van der Waals surface area contributed by atoms with Crippen molar-refractivity contribution in [3.05, 3.63) is 26.6 Å². The monoisotopic (exact) mass is 324 g/mol. The number of phenols is 1. The summed E-state index contributed by atoms with van der Waals surface area (Å²) in [6, 6.07) is 4.01. The highest BCUT2D eigenvalue weighted by molar-refractivity contribution is 14.1. The molecule has 0 saturated carbocycles. The molecule has 0 aliphatic carbocycles. The molecule has 1 nitrogen and oxygen atoms in total. The van der Waals surface area contributed by atoms with E-state index in [1.807, 2.05) is 17.5 Å². The van der Waals surface area contributed by atoms with Crippen LogP contribution in [0.15, 0.2) is 17.5 Å². The second kappa shape index (κ2) is 3.63. The fourth-order valence-corrected chi connectivity index (χ4v) is 3.18. The second-order valence-corrected chi connectivity index (χ2v) is 5.00. The molecule has 0 unspecified atom stereocenters. The average Bonchev–Trinajstić information content (AvgIpc) is 2.54. The van der Waals surface area contributed by atoms with Gasteiger partial charge < -0.3 is 5.11 Å². The number of alkyl halides is 1. The minimum Gasteiger partial charge on any atom is -0.506 e. The van der Waals surface area contributed by atoms with Gasteiger partial charge in [0.25, 0.3) is 0 Å². The fraction of sp³-hybridized carbons (Fsp3) is 0.111. The number of benzene rings is 1. The van der Waals surface area contributed by atoms with Crippen molar-refractivity contribution in [2.24, 2.45) is 0 Å². The van der Waals surface area contributed by atoms with Crippen LogP contribution in [0.2, 0.25) is 0 Å². The van der Waals surface area contributed by atoms with Gasteiger partial charge in [-0.25, -0.2) is 0 Å². The SMILES string of the molecule is Oc1c(I)cc2ccsc2c1CCl. The van der Waals surface area contributed by atoms with Crippen molar-refractivity contribution in [1.82, 2.24) is 0 Å². The van der Waals surface area contributed by atoms with E-state index in [1.165, 1.54) is 0 Å². The standard InChI is InChI=1S/C9H6ClIOS/c10-4-6-8(12)7(11)3-5-1-2-13-9(5)6/h1-3,12H,4H2. The molecule has 0 aliphatic rings. The van der Waals surface area contributed by atoms with Gasteiger partial charge >= 0.3 is 0 Å². The average molecular weight is 325 g/mol.